The summed E-state index contributed by atoms with van der Waals surface area (Å²) in [5.74, 6) is -0.141. The molecule has 4 nitrogen and oxygen atoms in total. The molecule has 0 aliphatic heterocycles. The fourth-order valence-corrected chi connectivity index (χ4v) is 2.85. The van der Waals surface area contributed by atoms with E-state index < -0.39 is 0 Å². The minimum Gasteiger partial charge on any atom is -0.350 e. The zero-order valence-corrected chi connectivity index (χ0v) is 12.9. The summed E-state index contributed by atoms with van der Waals surface area (Å²) in [6.07, 6.45) is 1.48. The molecule has 0 saturated carbocycles. The number of hydrogen-bond donors (Lipinski definition) is 1. The van der Waals surface area contributed by atoms with E-state index in [0.717, 1.165) is 0 Å². The van der Waals surface area contributed by atoms with Crippen LogP contribution in [-0.4, -0.2) is 36.4 Å². The topological polar surface area (TPSA) is 45.2 Å². The second-order valence-electron chi connectivity index (χ2n) is 4.57. The van der Waals surface area contributed by atoms with E-state index in [1.165, 1.54) is 11.1 Å². The Balaban J connectivity index is 1.99. The van der Waals surface area contributed by atoms with Crippen molar-refractivity contribution in [3.05, 3.63) is 51.4 Å². The molecule has 0 fully saturated rings. The highest BCUT2D eigenvalue weighted by molar-refractivity contribution is 7.10. The maximum absolute atomic E-state index is 12.0. The van der Waals surface area contributed by atoms with Crippen LogP contribution in [0.15, 0.2) is 35.8 Å². The largest absolute Gasteiger partial charge is 0.350 e. The van der Waals surface area contributed by atoms with Crippen molar-refractivity contribution in [3.63, 3.8) is 0 Å². The summed E-state index contributed by atoms with van der Waals surface area (Å²) in [7, 11) is 4.00. The molecule has 0 aromatic carbocycles. The maximum Gasteiger partial charge on any atom is 0.252 e. The number of amides is 1. The first-order valence-electron chi connectivity index (χ1n) is 6.17. The molecule has 2 aromatic heterocycles. The van der Waals surface area contributed by atoms with Gasteiger partial charge in [0.25, 0.3) is 5.91 Å². The number of thiophene rings is 1. The van der Waals surface area contributed by atoms with E-state index in [0.29, 0.717) is 17.3 Å². The molecule has 0 aliphatic carbocycles. The maximum atomic E-state index is 12.0. The number of aromatic nitrogens is 1. The van der Waals surface area contributed by atoms with Gasteiger partial charge in [0.2, 0.25) is 0 Å². The highest BCUT2D eigenvalue weighted by Gasteiger charge is 2.16. The second-order valence-corrected chi connectivity index (χ2v) is 5.94. The van der Waals surface area contributed by atoms with Crippen LogP contribution in [0.4, 0.5) is 0 Å². The predicted octanol–water partition coefficient (Wildman–Crippen LogP) is 2.83. The van der Waals surface area contributed by atoms with E-state index in [-0.39, 0.29) is 11.9 Å². The van der Waals surface area contributed by atoms with Gasteiger partial charge in [-0.05, 0) is 37.7 Å². The number of halogens is 1. The number of carbonyl (C=O) groups excluding carboxylic acids is 1. The summed E-state index contributed by atoms with van der Waals surface area (Å²) in [5, 5.41) is 5.35. The average molecular weight is 310 g/mol. The molecule has 6 heteroatoms. The molecule has 1 unspecified atom stereocenters. The summed E-state index contributed by atoms with van der Waals surface area (Å²) in [4.78, 5) is 19.3. The van der Waals surface area contributed by atoms with Gasteiger partial charge in [-0.15, -0.1) is 11.3 Å². The molecule has 2 heterocycles. The Morgan fingerprint density at radius 3 is 2.80 bits per heavy atom. The summed E-state index contributed by atoms with van der Waals surface area (Å²) in [6, 6.07) is 7.53. The number of nitrogens with zero attached hydrogens (tertiary/aromatic N) is 2. The Morgan fingerprint density at radius 2 is 2.25 bits per heavy atom. The summed E-state index contributed by atoms with van der Waals surface area (Å²) < 4.78 is 0. The van der Waals surface area contributed by atoms with Gasteiger partial charge in [-0.1, -0.05) is 17.7 Å². The molecule has 2 rings (SSSR count). The molecule has 20 heavy (non-hydrogen) atoms. The van der Waals surface area contributed by atoms with Crippen LogP contribution in [0.3, 0.4) is 0 Å². The fraction of sp³-hybridized carbons (Fsp3) is 0.286. The van der Waals surface area contributed by atoms with Crippen molar-refractivity contribution in [1.82, 2.24) is 15.2 Å². The number of nitrogens with one attached hydrogen (secondary N) is 1. The second kappa shape index (κ2) is 6.83. The molecule has 0 aliphatic rings. The van der Waals surface area contributed by atoms with Crippen molar-refractivity contribution in [1.29, 1.82) is 0 Å². The SMILES string of the molecule is CN(C)C(CNC(=O)c1ccc(Cl)nc1)c1cccs1. The lowest BCUT2D eigenvalue weighted by molar-refractivity contribution is 0.0942. The first kappa shape index (κ1) is 15.0. The molecule has 1 atom stereocenters. The van der Waals surface area contributed by atoms with Crippen molar-refractivity contribution in [2.24, 2.45) is 0 Å². The van der Waals surface area contributed by atoms with Crippen molar-refractivity contribution in [3.8, 4) is 0 Å². The van der Waals surface area contributed by atoms with Crippen molar-refractivity contribution >= 4 is 28.8 Å². The Kier molecular flexibility index (Phi) is 5.11. The molecule has 0 bridgehead atoms. The van der Waals surface area contributed by atoms with Gasteiger partial charge in [0.05, 0.1) is 11.6 Å². The molecular formula is C14H16ClN3OS. The van der Waals surface area contributed by atoms with E-state index in [9.17, 15) is 4.79 Å². The summed E-state index contributed by atoms with van der Waals surface area (Å²) >= 11 is 7.39. The standard InChI is InChI=1S/C14H16ClN3OS/c1-18(2)11(12-4-3-7-20-12)9-17-14(19)10-5-6-13(15)16-8-10/h3-8,11H,9H2,1-2H3,(H,17,19). The average Bonchev–Trinajstić information content (AvgIpc) is 2.93. The Hall–Kier alpha value is -1.43. The van der Waals surface area contributed by atoms with Gasteiger partial charge < -0.3 is 10.2 Å². The van der Waals surface area contributed by atoms with Gasteiger partial charge in [-0.3, -0.25) is 4.79 Å². The van der Waals surface area contributed by atoms with Gasteiger partial charge >= 0.3 is 0 Å². The number of hydrogen-bond acceptors (Lipinski definition) is 4. The predicted molar refractivity (Wildman–Crippen MR) is 82.3 cm³/mol. The third kappa shape index (κ3) is 3.79. The van der Waals surface area contributed by atoms with Gasteiger partial charge in [-0.2, -0.15) is 0 Å². The van der Waals surface area contributed by atoms with Gasteiger partial charge in [0.15, 0.2) is 0 Å². The minimum atomic E-state index is -0.141. The van der Waals surface area contributed by atoms with Crippen LogP contribution in [0.25, 0.3) is 0 Å². The van der Waals surface area contributed by atoms with Gasteiger partial charge in [0.1, 0.15) is 5.15 Å². The van der Waals surface area contributed by atoms with Crippen LogP contribution in [0, 0.1) is 0 Å². The Morgan fingerprint density at radius 1 is 1.45 bits per heavy atom. The first-order valence-corrected chi connectivity index (χ1v) is 7.43. The number of likely N-dealkylation sites (N-methyl/N-ethyl adjacent to an activating group) is 1. The summed E-state index contributed by atoms with van der Waals surface area (Å²) in [6.45, 7) is 0.551. The fourth-order valence-electron chi connectivity index (χ4n) is 1.82. The van der Waals surface area contributed by atoms with Gasteiger partial charge in [0, 0.05) is 17.6 Å². The third-order valence-electron chi connectivity index (χ3n) is 2.94. The van der Waals surface area contributed by atoms with E-state index in [4.69, 9.17) is 11.6 Å². The van der Waals surface area contributed by atoms with Crippen LogP contribution >= 0.6 is 22.9 Å². The molecule has 106 valence electrons. The van der Waals surface area contributed by atoms with Crippen LogP contribution in [-0.2, 0) is 0 Å². The van der Waals surface area contributed by atoms with E-state index >= 15 is 0 Å². The Bertz CT molecular complexity index is 554. The Labute approximate surface area is 127 Å². The normalized spacial score (nSPS) is 12.4. The lowest BCUT2D eigenvalue weighted by Gasteiger charge is -2.23. The van der Waals surface area contributed by atoms with Crippen LogP contribution in [0.5, 0.6) is 0 Å². The molecule has 1 amide bonds. The molecule has 1 N–H and O–H groups in total. The number of rotatable bonds is 5. The monoisotopic (exact) mass is 309 g/mol. The molecule has 0 radical (unpaired) electrons. The summed E-state index contributed by atoms with van der Waals surface area (Å²) in [5.41, 5.74) is 0.512. The van der Waals surface area contributed by atoms with Gasteiger partial charge in [-0.25, -0.2) is 4.98 Å². The highest BCUT2D eigenvalue weighted by Crippen LogP contribution is 2.22. The van der Waals surface area contributed by atoms with E-state index in [2.05, 4.69) is 21.3 Å². The van der Waals surface area contributed by atoms with E-state index in [1.807, 2.05) is 25.5 Å². The number of carbonyl (C=O) groups is 1. The lowest BCUT2D eigenvalue weighted by Crippen LogP contribution is -2.34. The molecular weight excluding hydrogens is 294 g/mol. The highest BCUT2D eigenvalue weighted by atomic mass is 35.5. The smallest absolute Gasteiger partial charge is 0.252 e. The number of pyridine rings is 1. The van der Waals surface area contributed by atoms with Crippen LogP contribution < -0.4 is 5.32 Å². The van der Waals surface area contributed by atoms with Crippen molar-refractivity contribution in [2.75, 3.05) is 20.6 Å². The zero-order valence-electron chi connectivity index (χ0n) is 11.3. The van der Waals surface area contributed by atoms with Crippen LogP contribution in [0.1, 0.15) is 21.3 Å². The minimum absolute atomic E-state index is 0.141. The van der Waals surface area contributed by atoms with Crippen molar-refractivity contribution in [2.45, 2.75) is 6.04 Å². The lowest BCUT2D eigenvalue weighted by atomic mass is 10.2. The quantitative estimate of drug-likeness (QED) is 0.864. The third-order valence-corrected chi connectivity index (χ3v) is 4.14. The van der Waals surface area contributed by atoms with Crippen molar-refractivity contribution < 1.29 is 4.79 Å². The molecule has 0 saturated heterocycles. The van der Waals surface area contributed by atoms with Crippen LogP contribution in [0.2, 0.25) is 5.15 Å². The van der Waals surface area contributed by atoms with E-state index in [1.54, 1.807) is 23.5 Å². The molecule has 2 aromatic rings. The zero-order chi connectivity index (χ0) is 14.5. The molecule has 0 spiro atoms. The first-order chi connectivity index (χ1) is 9.58.